The number of nitrogens with two attached hydrogens (primary N) is 1. The van der Waals surface area contributed by atoms with Crippen molar-refractivity contribution in [2.45, 2.75) is 58.1 Å². The summed E-state index contributed by atoms with van der Waals surface area (Å²) in [5.41, 5.74) is 4.91. The molecule has 0 aromatic rings. The van der Waals surface area contributed by atoms with Gasteiger partial charge < -0.3 is 20.7 Å². The number of ether oxygens (including phenoxy) is 1. The fraction of sp³-hybridized carbons (Fsp3) is 0.867. The number of nitrogens with one attached hydrogen (secondary N) is 1. The highest BCUT2D eigenvalue weighted by atomic mass is 16.6. The molecule has 1 unspecified atom stereocenters. The Bertz CT molecular complexity index is 353. The highest BCUT2D eigenvalue weighted by molar-refractivity contribution is 5.85. The first-order valence-corrected chi connectivity index (χ1v) is 7.78. The van der Waals surface area contributed by atoms with Crippen molar-refractivity contribution >= 4 is 11.9 Å². The van der Waals surface area contributed by atoms with Crippen molar-refractivity contribution in [2.75, 3.05) is 26.2 Å². The Hall–Kier alpha value is -1.14. The normalized spacial score (nSPS) is 19.4. The third-order valence-corrected chi connectivity index (χ3v) is 3.34. The Balaban J connectivity index is 2.56. The first-order valence-electron chi connectivity index (χ1n) is 7.78. The maximum absolute atomic E-state index is 12.3. The number of rotatable bonds is 6. The Morgan fingerprint density at radius 2 is 2.00 bits per heavy atom. The average molecular weight is 299 g/mol. The minimum atomic E-state index is -0.537. The summed E-state index contributed by atoms with van der Waals surface area (Å²) in [6, 6.07) is -0.514. The van der Waals surface area contributed by atoms with Crippen molar-refractivity contribution in [3.8, 4) is 0 Å². The quantitative estimate of drug-likeness (QED) is 0.555. The largest absolute Gasteiger partial charge is 0.458 e. The van der Waals surface area contributed by atoms with Gasteiger partial charge in [-0.2, -0.15) is 0 Å². The molecule has 1 heterocycles. The van der Waals surface area contributed by atoms with Crippen LogP contribution in [0.15, 0.2) is 0 Å². The van der Waals surface area contributed by atoms with Crippen molar-refractivity contribution in [1.29, 1.82) is 0 Å². The first-order chi connectivity index (χ1) is 9.85. The van der Waals surface area contributed by atoms with Crippen LogP contribution in [0.2, 0.25) is 0 Å². The van der Waals surface area contributed by atoms with Crippen LogP contribution in [-0.2, 0) is 14.3 Å². The summed E-state index contributed by atoms with van der Waals surface area (Å²) in [4.78, 5) is 26.2. The molecule has 1 amide bonds. The number of carbonyl (C=O) groups excluding carboxylic acids is 2. The molecule has 0 saturated carbocycles. The van der Waals surface area contributed by atoms with Crippen molar-refractivity contribution in [2.24, 2.45) is 5.73 Å². The van der Waals surface area contributed by atoms with Gasteiger partial charge in [-0.1, -0.05) is 6.42 Å². The molecule has 21 heavy (non-hydrogen) atoms. The number of carbonyl (C=O) groups is 2. The van der Waals surface area contributed by atoms with Gasteiger partial charge in [0.25, 0.3) is 0 Å². The number of nitrogens with zero attached hydrogens (tertiary/aromatic N) is 1. The zero-order valence-electron chi connectivity index (χ0n) is 13.5. The predicted octanol–water partition coefficient (Wildman–Crippen LogP) is 0.648. The van der Waals surface area contributed by atoms with Gasteiger partial charge in [0.05, 0.1) is 0 Å². The minimum absolute atomic E-state index is 0.0318. The van der Waals surface area contributed by atoms with E-state index in [1.54, 1.807) is 4.90 Å². The van der Waals surface area contributed by atoms with Gasteiger partial charge in [-0.05, 0) is 40.2 Å². The number of piperazine rings is 1. The topological polar surface area (TPSA) is 84.7 Å². The fourth-order valence-corrected chi connectivity index (χ4v) is 2.32. The SMILES string of the molecule is CC(C)(C)OC(=O)C1CNCCN1C(=O)CCCCCN. The van der Waals surface area contributed by atoms with Crippen LogP contribution in [0.5, 0.6) is 0 Å². The summed E-state index contributed by atoms with van der Waals surface area (Å²) in [5.74, 6) is -0.297. The van der Waals surface area contributed by atoms with Gasteiger partial charge >= 0.3 is 5.97 Å². The van der Waals surface area contributed by atoms with Gasteiger partial charge in [-0.15, -0.1) is 0 Å². The Labute approximate surface area is 127 Å². The molecule has 1 atom stereocenters. The van der Waals surface area contributed by atoms with Gasteiger partial charge in [0.2, 0.25) is 5.91 Å². The Kier molecular flexibility index (Phi) is 7.11. The molecule has 6 nitrogen and oxygen atoms in total. The number of hydrogen-bond acceptors (Lipinski definition) is 5. The van der Waals surface area contributed by atoms with Crippen LogP contribution in [0.25, 0.3) is 0 Å². The maximum atomic E-state index is 12.3. The second-order valence-corrected chi connectivity index (χ2v) is 6.44. The molecule has 3 N–H and O–H groups in total. The zero-order chi connectivity index (χ0) is 15.9. The summed E-state index contributed by atoms with van der Waals surface area (Å²) >= 11 is 0. The van der Waals surface area contributed by atoms with Crippen LogP contribution in [0.3, 0.4) is 0 Å². The summed E-state index contributed by atoms with van der Waals surface area (Å²) in [6.07, 6.45) is 3.18. The van der Waals surface area contributed by atoms with Crippen LogP contribution in [0, 0.1) is 0 Å². The van der Waals surface area contributed by atoms with E-state index in [1.165, 1.54) is 0 Å². The molecule has 1 rings (SSSR count). The van der Waals surface area contributed by atoms with E-state index in [1.807, 2.05) is 20.8 Å². The van der Waals surface area contributed by atoms with Crippen molar-refractivity contribution in [3.63, 3.8) is 0 Å². The van der Waals surface area contributed by atoms with Crippen LogP contribution >= 0.6 is 0 Å². The van der Waals surface area contributed by atoms with E-state index in [9.17, 15) is 9.59 Å². The van der Waals surface area contributed by atoms with Crippen LogP contribution < -0.4 is 11.1 Å². The number of esters is 1. The van der Waals surface area contributed by atoms with Crippen molar-refractivity contribution in [1.82, 2.24) is 10.2 Å². The monoisotopic (exact) mass is 299 g/mol. The predicted molar refractivity (Wildman–Crippen MR) is 81.7 cm³/mol. The van der Waals surface area contributed by atoms with Crippen molar-refractivity contribution in [3.05, 3.63) is 0 Å². The lowest BCUT2D eigenvalue weighted by Crippen LogP contribution is -2.58. The minimum Gasteiger partial charge on any atom is -0.458 e. The summed E-state index contributed by atoms with van der Waals surface area (Å²) in [7, 11) is 0. The van der Waals surface area contributed by atoms with Gasteiger partial charge in [0.1, 0.15) is 11.6 Å². The molecule has 1 aliphatic rings. The molecule has 0 radical (unpaired) electrons. The molecule has 1 aliphatic heterocycles. The molecule has 0 aliphatic carbocycles. The van der Waals surface area contributed by atoms with E-state index >= 15 is 0 Å². The Morgan fingerprint density at radius 3 is 2.62 bits per heavy atom. The van der Waals surface area contributed by atoms with Gasteiger partial charge in [0.15, 0.2) is 0 Å². The summed E-state index contributed by atoms with van der Waals surface area (Å²) in [6.45, 7) is 7.89. The molecular formula is C15H29N3O3. The molecule has 1 fully saturated rings. The summed E-state index contributed by atoms with van der Waals surface area (Å²) < 4.78 is 5.41. The number of amides is 1. The fourth-order valence-electron chi connectivity index (χ4n) is 2.32. The van der Waals surface area contributed by atoms with E-state index in [0.29, 0.717) is 32.6 Å². The van der Waals surface area contributed by atoms with E-state index < -0.39 is 11.6 Å². The maximum Gasteiger partial charge on any atom is 0.330 e. The van der Waals surface area contributed by atoms with Crippen molar-refractivity contribution < 1.29 is 14.3 Å². The van der Waals surface area contributed by atoms with Crippen LogP contribution in [0.1, 0.15) is 46.5 Å². The molecule has 122 valence electrons. The zero-order valence-corrected chi connectivity index (χ0v) is 13.5. The van der Waals surface area contributed by atoms with Gasteiger partial charge in [-0.3, -0.25) is 4.79 Å². The highest BCUT2D eigenvalue weighted by Gasteiger charge is 2.34. The van der Waals surface area contributed by atoms with Crippen LogP contribution in [-0.4, -0.2) is 54.6 Å². The lowest BCUT2D eigenvalue weighted by Gasteiger charge is -2.36. The lowest BCUT2D eigenvalue weighted by molar-refractivity contribution is -0.165. The van der Waals surface area contributed by atoms with E-state index in [0.717, 1.165) is 19.3 Å². The molecule has 0 spiro atoms. The lowest BCUT2D eigenvalue weighted by atomic mass is 10.1. The first kappa shape index (κ1) is 17.9. The second-order valence-electron chi connectivity index (χ2n) is 6.44. The molecule has 0 aromatic heterocycles. The Morgan fingerprint density at radius 1 is 1.29 bits per heavy atom. The third-order valence-electron chi connectivity index (χ3n) is 3.34. The molecule has 0 aromatic carbocycles. The number of hydrogen-bond donors (Lipinski definition) is 2. The smallest absolute Gasteiger partial charge is 0.330 e. The van der Waals surface area contributed by atoms with E-state index in [-0.39, 0.29) is 11.9 Å². The van der Waals surface area contributed by atoms with E-state index in [4.69, 9.17) is 10.5 Å². The average Bonchev–Trinajstić information content (AvgIpc) is 2.41. The van der Waals surface area contributed by atoms with Gasteiger partial charge in [0, 0.05) is 26.1 Å². The molecule has 6 heteroatoms. The number of unbranched alkanes of at least 4 members (excludes halogenated alkanes) is 2. The summed E-state index contributed by atoms with van der Waals surface area (Å²) in [5, 5.41) is 3.15. The second kappa shape index (κ2) is 8.34. The molecule has 0 bridgehead atoms. The molecule has 1 saturated heterocycles. The highest BCUT2D eigenvalue weighted by Crippen LogP contribution is 2.14. The standard InChI is InChI=1S/C15H29N3O3/c1-15(2,3)21-14(20)12-11-17-9-10-18(12)13(19)7-5-4-6-8-16/h12,17H,4-11,16H2,1-3H3. The third kappa shape index (κ3) is 6.44. The van der Waals surface area contributed by atoms with Gasteiger partial charge in [-0.25, -0.2) is 4.79 Å². The van der Waals surface area contributed by atoms with E-state index in [2.05, 4.69) is 5.32 Å². The molecular weight excluding hydrogens is 270 g/mol. The van der Waals surface area contributed by atoms with Crippen LogP contribution in [0.4, 0.5) is 0 Å².